The van der Waals surface area contributed by atoms with Crippen LogP contribution in [0.3, 0.4) is 0 Å². The van der Waals surface area contributed by atoms with Crippen LogP contribution in [0.4, 0.5) is 0 Å². The first kappa shape index (κ1) is 23.3. The molecule has 7 nitrogen and oxygen atoms in total. The first-order valence-electron chi connectivity index (χ1n) is 11.2. The molecule has 1 amide bonds. The van der Waals surface area contributed by atoms with Gasteiger partial charge in [0.25, 0.3) is 0 Å². The van der Waals surface area contributed by atoms with Crippen LogP contribution in [0.1, 0.15) is 30.9 Å². The second-order valence-electron chi connectivity index (χ2n) is 8.64. The van der Waals surface area contributed by atoms with Gasteiger partial charge in [0.1, 0.15) is 0 Å². The molecule has 0 bridgehead atoms. The van der Waals surface area contributed by atoms with E-state index in [1.807, 2.05) is 17.0 Å². The van der Waals surface area contributed by atoms with Crippen molar-refractivity contribution in [2.45, 2.75) is 37.1 Å². The molecule has 1 aromatic heterocycles. The van der Waals surface area contributed by atoms with E-state index in [2.05, 4.69) is 21.9 Å². The summed E-state index contributed by atoms with van der Waals surface area (Å²) >= 11 is 6.15. The first-order chi connectivity index (χ1) is 15.4. The van der Waals surface area contributed by atoms with E-state index in [4.69, 9.17) is 11.6 Å². The summed E-state index contributed by atoms with van der Waals surface area (Å²) in [6, 6.07) is 9.51. The van der Waals surface area contributed by atoms with E-state index in [0.717, 1.165) is 25.9 Å². The van der Waals surface area contributed by atoms with E-state index in [1.54, 1.807) is 25.1 Å². The Morgan fingerprint density at radius 3 is 2.44 bits per heavy atom. The molecule has 0 aliphatic carbocycles. The lowest BCUT2D eigenvalue weighted by Gasteiger charge is -2.34. The van der Waals surface area contributed by atoms with Crippen LogP contribution < -0.4 is 0 Å². The van der Waals surface area contributed by atoms with Gasteiger partial charge in [0.2, 0.25) is 15.9 Å². The Hall–Kier alpha value is -1.87. The monoisotopic (exact) mass is 478 g/mol. The number of carbonyl (C=O) groups is 1. The minimum atomic E-state index is -3.61. The Labute approximate surface area is 195 Å². The van der Waals surface area contributed by atoms with Gasteiger partial charge in [-0.05, 0) is 62.6 Å². The van der Waals surface area contributed by atoms with Crippen molar-refractivity contribution in [2.75, 3.05) is 45.8 Å². The molecule has 9 heteroatoms. The number of carbonyl (C=O) groups excluding carboxylic acids is 1. The minimum absolute atomic E-state index is 0.137. The molecule has 174 valence electrons. The maximum absolute atomic E-state index is 13.2. The third kappa shape index (κ3) is 5.03. The average Bonchev–Trinajstić information content (AvgIpc) is 3.22. The molecular formula is C23H31ClN4O3S. The van der Waals surface area contributed by atoms with Crippen molar-refractivity contribution >= 4 is 27.5 Å². The van der Waals surface area contributed by atoms with Gasteiger partial charge in [-0.1, -0.05) is 17.7 Å². The van der Waals surface area contributed by atoms with Gasteiger partial charge in [-0.25, -0.2) is 8.42 Å². The Bertz CT molecular complexity index is 1030. The summed E-state index contributed by atoms with van der Waals surface area (Å²) in [6.07, 6.45) is 6.80. The van der Waals surface area contributed by atoms with E-state index in [-0.39, 0.29) is 10.8 Å². The van der Waals surface area contributed by atoms with Crippen molar-refractivity contribution in [3.8, 4) is 0 Å². The number of likely N-dealkylation sites (tertiary alicyclic amines) is 1. The molecule has 32 heavy (non-hydrogen) atoms. The molecule has 1 aromatic carbocycles. The maximum atomic E-state index is 13.2. The standard InChI is InChI=1S/C23H31ClN4O3S/c1-19-21(24)6-4-7-22(19)32(30,31)28-13-5-10-25(16-17-28)18-23(29)27-14-8-20(9-15-27)26-11-2-3-12-26/h2-4,6-7,11-12,20H,5,8-10,13-18H2,1H3. The molecule has 2 aliphatic rings. The highest BCUT2D eigenvalue weighted by Crippen LogP contribution is 2.26. The van der Waals surface area contributed by atoms with Gasteiger partial charge in [0.15, 0.2) is 0 Å². The Balaban J connectivity index is 1.32. The lowest BCUT2D eigenvalue weighted by atomic mass is 10.0. The molecule has 0 spiro atoms. The number of hydrogen-bond acceptors (Lipinski definition) is 4. The van der Waals surface area contributed by atoms with Gasteiger partial charge in [-0.3, -0.25) is 9.69 Å². The Morgan fingerprint density at radius 2 is 1.72 bits per heavy atom. The molecule has 0 N–H and O–H groups in total. The predicted molar refractivity (Wildman–Crippen MR) is 125 cm³/mol. The fraction of sp³-hybridized carbons (Fsp3) is 0.522. The number of hydrogen-bond donors (Lipinski definition) is 0. The predicted octanol–water partition coefficient (Wildman–Crippen LogP) is 3.01. The number of piperidine rings is 1. The quantitative estimate of drug-likeness (QED) is 0.662. The molecule has 2 saturated heterocycles. The normalized spacial score (nSPS) is 19.8. The maximum Gasteiger partial charge on any atom is 0.243 e. The third-order valence-corrected chi connectivity index (χ3v) is 9.06. The largest absolute Gasteiger partial charge is 0.351 e. The number of halogens is 1. The van der Waals surface area contributed by atoms with Crippen molar-refractivity contribution in [2.24, 2.45) is 0 Å². The van der Waals surface area contributed by atoms with Crippen molar-refractivity contribution in [1.82, 2.24) is 18.7 Å². The molecule has 4 rings (SSSR count). The number of sulfonamides is 1. The van der Waals surface area contributed by atoms with E-state index in [9.17, 15) is 13.2 Å². The summed E-state index contributed by atoms with van der Waals surface area (Å²) in [5, 5.41) is 0.452. The second-order valence-corrected chi connectivity index (χ2v) is 11.0. The van der Waals surface area contributed by atoms with Crippen LogP contribution >= 0.6 is 11.6 Å². The molecule has 0 saturated carbocycles. The molecule has 2 aliphatic heterocycles. The van der Waals surface area contributed by atoms with Crippen LogP contribution in [0.5, 0.6) is 0 Å². The highest BCUT2D eigenvalue weighted by Gasteiger charge is 2.30. The Kier molecular flexibility index (Phi) is 7.24. The lowest BCUT2D eigenvalue weighted by molar-refractivity contribution is -0.133. The van der Waals surface area contributed by atoms with Gasteiger partial charge in [-0.15, -0.1) is 0 Å². The number of rotatable bonds is 5. The number of nitrogens with zero attached hydrogens (tertiary/aromatic N) is 4. The highest BCUT2D eigenvalue weighted by atomic mass is 35.5. The van der Waals surface area contributed by atoms with Crippen molar-refractivity contribution in [3.63, 3.8) is 0 Å². The van der Waals surface area contributed by atoms with Gasteiger partial charge in [0, 0.05) is 56.2 Å². The Morgan fingerprint density at radius 1 is 1.00 bits per heavy atom. The summed E-state index contributed by atoms with van der Waals surface area (Å²) < 4.78 is 30.1. The van der Waals surface area contributed by atoms with Crippen LogP contribution in [0.25, 0.3) is 0 Å². The third-order valence-electron chi connectivity index (χ3n) is 6.61. The zero-order valence-electron chi connectivity index (χ0n) is 18.5. The molecule has 2 aromatic rings. The van der Waals surface area contributed by atoms with Crippen LogP contribution in [0, 0.1) is 6.92 Å². The molecule has 0 radical (unpaired) electrons. The van der Waals surface area contributed by atoms with Crippen LogP contribution in [-0.2, 0) is 14.8 Å². The summed E-state index contributed by atoms with van der Waals surface area (Å²) in [6.45, 7) is 5.69. The lowest BCUT2D eigenvalue weighted by Crippen LogP contribution is -2.45. The van der Waals surface area contributed by atoms with E-state index in [1.165, 1.54) is 4.31 Å². The SMILES string of the molecule is Cc1c(Cl)cccc1S(=O)(=O)N1CCCN(CC(=O)N2CCC(n3cccc3)CC2)CC1. The summed E-state index contributed by atoms with van der Waals surface area (Å²) in [5.74, 6) is 0.137. The van der Waals surface area contributed by atoms with E-state index < -0.39 is 10.0 Å². The van der Waals surface area contributed by atoms with Crippen LogP contribution in [-0.4, -0.2) is 78.8 Å². The van der Waals surface area contributed by atoms with Crippen molar-refractivity contribution in [1.29, 1.82) is 0 Å². The van der Waals surface area contributed by atoms with Gasteiger partial charge in [0.05, 0.1) is 11.4 Å². The molecule has 0 atom stereocenters. The highest BCUT2D eigenvalue weighted by molar-refractivity contribution is 7.89. The van der Waals surface area contributed by atoms with Gasteiger partial charge in [-0.2, -0.15) is 4.31 Å². The average molecular weight is 479 g/mol. The van der Waals surface area contributed by atoms with Gasteiger partial charge >= 0.3 is 0 Å². The number of amides is 1. The topological polar surface area (TPSA) is 65.9 Å². The summed E-state index contributed by atoms with van der Waals surface area (Å²) in [5.41, 5.74) is 0.578. The first-order valence-corrected chi connectivity index (χ1v) is 13.1. The summed E-state index contributed by atoms with van der Waals surface area (Å²) in [7, 11) is -3.61. The van der Waals surface area contributed by atoms with E-state index >= 15 is 0 Å². The smallest absolute Gasteiger partial charge is 0.243 e. The zero-order chi connectivity index (χ0) is 22.7. The summed E-state index contributed by atoms with van der Waals surface area (Å²) in [4.78, 5) is 17.2. The minimum Gasteiger partial charge on any atom is -0.351 e. The van der Waals surface area contributed by atoms with Crippen molar-refractivity contribution in [3.05, 3.63) is 53.3 Å². The van der Waals surface area contributed by atoms with Crippen LogP contribution in [0.2, 0.25) is 5.02 Å². The van der Waals surface area contributed by atoms with Crippen LogP contribution in [0.15, 0.2) is 47.6 Å². The van der Waals surface area contributed by atoms with Crippen molar-refractivity contribution < 1.29 is 13.2 Å². The molecule has 2 fully saturated rings. The van der Waals surface area contributed by atoms with Gasteiger partial charge < -0.3 is 9.47 Å². The molecular weight excluding hydrogens is 448 g/mol. The fourth-order valence-electron chi connectivity index (χ4n) is 4.65. The second kappa shape index (κ2) is 9.95. The number of aromatic nitrogens is 1. The zero-order valence-corrected chi connectivity index (χ0v) is 20.1. The van der Waals surface area contributed by atoms with E-state index in [0.29, 0.717) is 55.8 Å². The molecule has 3 heterocycles. The number of benzene rings is 1. The fourth-order valence-corrected chi connectivity index (χ4v) is 6.60. The molecule has 0 unspecified atom stereocenters.